The van der Waals surface area contributed by atoms with Gasteiger partial charge in [-0.3, -0.25) is 0 Å². The van der Waals surface area contributed by atoms with E-state index in [9.17, 15) is 0 Å². The van der Waals surface area contributed by atoms with Crippen LogP contribution in [0.3, 0.4) is 0 Å². The van der Waals surface area contributed by atoms with Crippen molar-refractivity contribution in [3.63, 3.8) is 0 Å². The van der Waals surface area contributed by atoms with Crippen LogP contribution in [0.2, 0.25) is 0 Å². The second-order valence-corrected chi connectivity index (χ2v) is 13.3. The first-order valence-electron chi connectivity index (χ1n) is 17.0. The van der Waals surface area contributed by atoms with Crippen LogP contribution in [0.4, 0.5) is 0 Å². The van der Waals surface area contributed by atoms with E-state index in [-0.39, 0.29) is 0 Å². The van der Waals surface area contributed by atoms with Crippen molar-refractivity contribution in [3.8, 4) is 34.0 Å². The summed E-state index contributed by atoms with van der Waals surface area (Å²) in [7, 11) is 0. The van der Waals surface area contributed by atoms with Gasteiger partial charge in [0, 0.05) is 28.0 Å². The molecule has 0 amide bonds. The van der Waals surface area contributed by atoms with Gasteiger partial charge in [-0.1, -0.05) is 146 Å². The van der Waals surface area contributed by atoms with Crippen LogP contribution in [-0.4, -0.2) is 9.97 Å². The zero-order valence-electron chi connectivity index (χ0n) is 27.0. The fourth-order valence-corrected chi connectivity index (χ4v) is 8.49. The van der Waals surface area contributed by atoms with Crippen molar-refractivity contribution >= 4 is 16.5 Å². The maximum Gasteiger partial charge on any atom is 0.160 e. The number of nitrogens with zero attached hydrogens (tertiary/aromatic N) is 2. The van der Waals surface area contributed by atoms with E-state index in [0.717, 1.165) is 56.2 Å². The van der Waals surface area contributed by atoms with E-state index >= 15 is 0 Å². The maximum absolute atomic E-state index is 6.55. The third-order valence-corrected chi connectivity index (χ3v) is 10.7. The van der Waals surface area contributed by atoms with Crippen LogP contribution in [-0.2, 0) is 5.41 Å². The summed E-state index contributed by atoms with van der Waals surface area (Å²) in [5, 5.41) is 1.06. The predicted octanol–water partition coefficient (Wildman–Crippen LogP) is 11.1. The molecule has 2 atom stereocenters. The topological polar surface area (TPSA) is 35.0 Å². The minimum absolute atomic E-state index is 0.326. The summed E-state index contributed by atoms with van der Waals surface area (Å²) >= 11 is 0. The van der Waals surface area contributed by atoms with E-state index in [4.69, 9.17) is 14.7 Å². The van der Waals surface area contributed by atoms with Gasteiger partial charge >= 0.3 is 0 Å². The number of hydrogen-bond acceptors (Lipinski definition) is 3. The van der Waals surface area contributed by atoms with E-state index in [2.05, 4.69) is 171 Å². The van der Waals surface area contributed by atoms with E-state index in [1.54, 1.807) is 0 Å². The molecule has 2 unspecified atom stereocenters. The highest BCUT2D eigenvalue weighted by molar-refractivity contribution is 5.95. The Bertz CT molecular complexity index is 2460. The molecule has 1 spiro atoms. The second kappa shape index (κ2) is 10.7. The fourth-order valence-electron chi connectivity index (χ4n) is 8.49. The largest absolute Gasteiger partial charge is 0.457 e. The summed E-state index contributed by atoms with van der Waals surface area (Å²) in [5.74, 6) is 3.15. The smallest absolute Gasteiger partial charge is 0.160 e. The van der Waals surface area contributed by atoms with E-state index in [1.165, 1.54) is 27.8 Å². The molecule has 6 aromatic carbocycles. The number of benzene rings is 6. The Morgan fingerprint density at radius 1 is 0.592 bits per heavy atom. The molecule has 1 aromatic heterocycles. The molecule has 3 aliphatic rings. The van der Waals surface area contributed by atoms with Gasteiger partial charge in [0.25, 0.3) is 0 Å². The number of fused-ring (bicyclic) bond motifs is 10. The molecule has 2 aliphatic carbocycles. The molecule has 3 heteroatoms. The number of allylic oxidation sites excluding steroid dienone is 4. The Kier molecular flexibility index (Phi) is 6.13. The molecule has 0 fully saturated rings. The van der Waals surface area contributed by atoms with Gasteiger partial charge in [0.2, 0.25) is 0 Å². The Morgan fingerprint density at radius 3 is 2.02 bits per heavy atom. The standard InChI is InChI=1S/C46H32N2O/c1-29-27-31(23-25-33(29)30-13-3-2-4-14-30)44-36-16-6-10-20-41(36)47-45(48-44)32-24-26-35-34-15-5-7-17-37(34)46(40(35)28-32)38-18-8-11-21-42(38)49-43-22-12-9-19-39(43)46/h2-29,33H,1H3. The summed E-state index contributed by atoms with van der Waals surface area (Å²) < 4.78 is 6.55. The molecule has 7 aromatic rings. The quantitative estimate of drug-likeness (QED) is 0.195. The Hall–Kier alpha value is -6.06. The van der Waals surface area contributed by atoms with Crippen molar-refractivity contribution in [2.45, 2.75) is 18.3 Å². The van der Waals surface area contributed by atoms with Crippen LogP contribution >= 0.6 is 0 Å². The molecule has 232 valence electrons. The maximum atomic E-state index is 6.55. The molecule has 10 rings (SSSR count). The summed E-state index contributed by atoms with van der Waals surface area (Å²) in [4.78, 5) is 10.6. The number of para-hydroxylation sites is 3. The minimum atomic E-state index is -0.538. The Morgan fingerprint density at radius 2 is 1.24 bits per heavy atom. The van der Waals surface area contributed by atoms with Gasteiger partial charge < -0.3 is 4.74 Å². The van der Waals surface area contributed by atoms with Crippen molar-refractivity contribution in [2.75, 3.05) is 0 Å². The van der Waals surface area contributed by atoms with Crippen molar-refractivity contribution < 1.29 is 4.74 Å². The van der Waals surface area contributed by atoms with Gasteiger partial charge in [0.05, 0.1) is 16.6 Å². The number of ether oxygens (including phenoxy) is 1. The van der Waals surface area contributed by atoms with Crippen molar-refractivity contribution in [3.05, 3.63) is 197 Å². The van der Waals surface area contributed by atoms with Gasteiger partial charge in [0.15, 0.2) is 5.82 Å². The SMILES string of the molecule is CC1C=C(c2nc(-c3ccc4c(c3)C3(c5ccccc5Oc5ccccc53)c3ccccc3-4)nc3ccccc23)C=CC1c1ccccc1. The number of hydrogen-bond donors (Lipinski definition) is 0. The van der Waals surface area contributed by atoms with Gasteiger partial charge in [-0.25, -0.2) is 9.97 Å². The highest BCUT2D eigenvalue weighted by Crippen LogP contribution is 2.62. The summed E-state index contributed by atoms with van der Waals surface area (Å²) in [5.41, 5.74) is 12.1. The minimum Gasteiger partial charge on any atom is -0.457 e. The molecule has 3 nitrogen and oxygen atoms in total. The molecule has 0 radical (unpaired) electrons. The first kappa shape index (κ1) is 28.0. The highest BCUT2D eigenvalue weighted by atomic mass is 16.5. The average Bonchev–Trinajstić information content (AvgIpc) is 3.45. The van der Waals surface area contributed by atoms with Crippen LogP contribution in [0.5, 0.6) is 11.5 Å². The lowest BCUT2D eigenvalue weighted by molar-refractivity contribution is 0.436. The zero-order chi connectivity index (χ0) is 32.5. The monoisotopic (exact) mass is 628 g/mol. The molecule has 0 saturated carbocycles. The summed E-state index contributed by atoms with van der Waals surface area (Å²) in [6, 6.07) is 51.7. The molecule has 0 bridgehead atoms. The van der Waals surface area contributed by atoms with E-state index < -0.39 is 5.41 Å². The second-order valence-electron chi connectivity index (χ2n) is 13.3. The third kappa shape index (κ3) is 4.09. The number of aromatic nitrogens is 2. The molecule has 0 saturated heterocycles. The lowest BCUT2D eigenvalue weighted by Gasteiger charge is -2.39. The lowest BCUT2D eigenvalue weighted by Crippen LogP contribution is -2.32. The Balaban J connectivity index is 1.18. The highest BCUT2D eigenvalue weighted by Gasteiger charge is 2.51. The predicted molar refractivity (Wildman–Crippen MR) is 198 cm³/mol. The normalized spacial score (nSPS) is 17.9. The van der Waals surface area contributed by atoms with Gasteiger partial charge in [0.1, 0.15) is 11.5 Å². The van der Waals surface area contributed by atoms with Crippen LogP contribution in [0.25, 0.3) is 39.0 Å². The van der Waals surface area contributed by atoms with Crippen molar-refractivity contribution in [1.29, 1.82) is 0 Å². The third-order valence-electron chi connectivity index (χ3n) is 10.7. The molecular weight excluding hydrogens is 597 g/mol. The van der Waals surface area contributed by atoms with Crippen molar-refractivity contribution in [2.24, 2.45) is 5.92 Å². The summed E-state index contributed by atoms with van der Waals surface area (Å²) in [6.07, 6.45) is 6.96. The van der Waals surface area contributed by atoms with Crippen LogP contribution in [0, 0.1) is 5.92 Å². The molecule has 2 heterocycles. The lowest BCUT2D eigenvalue weighted by atomic mass is 9.66. The summed E-state index contributed by atoms with van der Waals surface area (Å²) in [6.45, 7) is 2.30. The van der Waals surface area contributed by atoms with Gasteiger partial charge in [-0.05, 0) is 63.6 Å². The first-order valence-corrected chi connectivity index (χ1v) is 17.0. The van der Waals surface area contributed by atoms with Crippen LogP contribution in [0.15, 0.2) is 164 Å². The molecule has 0 N–H and O–H groups in total. The van der Waals surface area contributed by atoms with Crippen LogP contribution < -0.4 is 4.74 Å². The van der Waals surface area contributed by atoms with Gasteiger partial charge in [-0.15, -0.1) is 0 Å². The molecule has 49 heavy (non-hydrogen) atoms. The fraction of sp³-hybridized carbons (Fsp3) is 0.0870. The van der Waals surface area contributed by atoms with Crippen LogP contribution in [0.1, 0.15) is 46.4 Å². The zero-order valence-corrected chi connectivity index (χ0v) is 27.0. The molecular formula is C46H32N2O. The van der Waals surface area contributed by atoms with Crippen molar-refractivity contribution in [1.82, 2.24) is 9.97 Å². The average molecular weight is 629 g/mol. The Labute approximate surface area is 285 Å². The number of rotatable bonds is 3. The first-order chi connectivity index (χ1) is 24.2. The van der Waals surface area contributed by atoms with Gasteiger partial charge in [-0.2, -0.15) is 0 Å². The van der Waals surface area contributed by atoms with E-state index in [0.29, 0.717) is 11.8 Å². The van der Waals surface area contributed by atoms with E-state index in [1.807, 2.05) is 0 Å². The molecule has 1 aliphatic heterocycles.